The molecule has 3 aliphatic rings. The van der Waals surface area contributed by atoms with Crippen molar-refractivity contribution in [3.05, 3.63) is 52.2 Å². The standard InChI is InChI=1S/C26H34N4O4S/c1-6-20-23(25(32)34-5)24(19-9-7-8-10-21(19)33-4)30-18(16-35-26(30)27-20)15-22(31)29(3)17-11-13-28(2)14-12-17/h7-10,16-17,24H,6,11-15H2,1-5H3/t24-/m0/s1. The van der Waals surface area contributed by atoms with Crippen molar-refractivity contribution < 1.29 is 19.1 Å². The maximum absolute atomic E-state index is 13.4. The molecule has 0 saturated carbocycles. The summed E-state index contributed by atoms with van der Waals surface area (Å²) in [4.78, 5) is 37.4. The molecule has 3 heterocycles. The fourth-order valence-corrected chi connectivity index (χ4v) is 5.90. The van der Waals surface area contributed by atoms with Crippen molar-refractivity contribution in [3.63, 3.8) is 0 Å². The highest BCUT2D eigenvalue weighted by atomic mass is 32.2. The summed E-state index contributed by atoms with van der Waals surface area (Å²) in [5, 5.41) is 2.74. The van der Waals surface area contributed by atoms with E-state index in [-0.39, 0.29) is 18.4 Å². The molecule has 1 amide bonds. The maximum atomic E-state index is 13.4. The van der Waals surface area contributed by atoms with E-state index >= 15 is 0 Å². The van der Waals surface area contributed by atoms with Gasteiger partial charge in [-0.3, -0.25) is 4.79 Å². The zero-order valence-corrected chi connectivity index (χ0v) is 21.9. The van der Waals surface area contributed by atoms with Crippen LogP contribution in [0.3, 0.4) is 0 Å². The lowest BCUT2D eigenvalue weighted by molar-refractivity contribution is -0.136. The Balaban J connectivity index is 1.68. The molecule has 0 spiro atoms. The predicted octanol–water partition coefficient (Wildman–Crippen LogP) is 3.78. The first-order chi connectivity index (χ1) is 16.9. The van der Waals surface area contributed by atoms with Crippen molar-refractivity contribution in [3.8, 4) is 5.75 Å². The average molecular weight is 499 g/mol. The third-order valence-corrected chi connectivity index (χ3v) is 7.91. The van der Waals surface area contributed by atoms with Crippen LogP contribution in [-0.2, 0) is 14.3 Å². The fraction of sp³-hybridized carbons (Fsp3) is 0.500. The Kier molecular flexibility index (Phi) is 7.86. The Morgan fingerprint density at radius 1 is 1.20 bits per heavy atom. The summed E-state index contributed by atoms with van der Waals surface area (Å²) in [5.41, 5.74) is 2.83. The van der Waals surface area contributed by atoms with Crippen LogP contribution in [0.5, 0.6) is 5.75 Å². The molecule has 0 aliphatic carbocycles. The van der Waals surface area contributed by atoms with Crippen LogP contribution in [0.1, 0.15) is 44.2 Å². The van der Waals surface area contributed by atoms with Gasteiger partial charge in [-0.2, -0.15) is 0 Å². The molecule has 1 saturated heterocycles. The lowest BCUT2D eigenvalue weighted by Crippen LogP contribution is -2.45. The van der Waals surface area contributed by atoms with Crippen LogP contribution in [0, 0.1) is 0 Å². The highest BCUT2D eigenvalue weighted by molar-refractivity contribution is 8.16. The summed E-state index contributed by atoms with van der Waals surface area (Å²) >= 11 is 1.49. The normalized spacial score (nSPS) is 20.8. The van der Waals surface area contributed by atoms with E-state index in [4.69, 9.17) is 14.5 Å². The topological polar surface area (TPSA) is 74.7 Å². The molecule has 1 aromatic rings. The number of benzene rings is 1. The number of hydrogen-bond donors (Lipinski definition) is 0. The molecule has 0 radical (unpaired) electrons. The maximum Gasteiger partial charge on any atom is 0.338 e. The monoisotopic (exact) mass is 498 g/mol. The van der Waals surface area contributed by atoms with Gasteiger partial charge in [0.1, 0.15) is 5.75 Å². The molecular formula is C26H34N4O4S. The highest BCUT2D eigenvalue weighted by Gasteiger charge is 2.43. The van der Waals surface area contributed by atoms with Gasteiger partial charge in [-0.05, 0) is 50.9 Å². The van der Waals surface area contributed by atoms with E-state index in [9.17, 15) is 9.59 Å². The number of piperidine rings is 1. The Morgan fingerprint density at radius 3 is 2.57 bits per heavy atom. The number of ether oxygens (including phenoxy) is 2. The van der Waals surface area contributed by atoms with Gasteiger partial charge in [-0.15, -0.1) is 0 Å². The Morgan fingerprint density at radius 2 is 1.91 bits per heavy atom. The Labute approximate surface area is 211 Å². The second kappa shape index (κ2) is 10.9. The zero-order valence-electron chi connectivity index (χ0n) is 21.1. The van der Waals surface area contributed by atoms with E-state index in [1.165, 1.54) is 18.9 Å². The first-order valence-corrected chi connectivity index (χ1v) is 12.9. The van der Waals surface area contributed by atoms with Gasteiger partial charge in [0, 0.05) is 24.4 Å². The molecule has 3 aliphatic heterocycles. The van der Waals surface area contributed by atoms with Crippen LogP contribution in [0.15, 0.2) is 51.6 Å². The van der Waals surface area contributed by atoms with Crippen molar-refractivity contribution in [2.24, 2.45) is 4.99 Å². The van der Waals surface area contributed by atoms with Gasteiger partial charge in [-0.1, -0.05) is 36.9 Å². The second-order valence-corrected chi connectivity index (χ2v) is 9.89. The van der Waals surface area contributed by atoms with E-state index in [0.29, 0.717) is 23.4 Å². The largest absolute Gasteiger partial charge is 0.496 e. The molecule has 0 N–H and O–H groups in total. The molecule has 188 valence electrons. The van der Waals surface area contributed by atoms with Crippen LogP contribution >= 0.6 is 11.8 Å². The number of allylic oxidation sites excluding steroid dienone is 1. The molecule has 1 aromatic carbocycles. The summed E-state index contributed by atoms with van der Waals surface area (Å²) < 4.78 is 10.9. The van der Waals surface area contributed by atoms with Crippen molar-refractivity contribution in [1.29, 1.82) is 0 Å². The zero-order chi connectivity index (χ0) is 25.1. The summed E-state index contributed by atoms with van der Waals surface area (Å²) in [5.74, 6) is 0.310. The van der Waals surface area contributed by atoms with E-state index in [2.05, 4.69) is 11.9 Å². The molecule has 1 fully saturated rings. The minimum Gasteiger partial charge on any atom is -0.496 e. The van der Waals surface area contributed by atoms with Gasteiger partial charge in [0.15, 0.2) is 5.17 Å². The lowest BCUT2D eigenvalue weighted by atomic mass is 9.92. The number of amides is 1. The van der Waals surface area contributed by atoms with Crippen LogP contribution in [0.4, 0.5) is 0 Å². The van der Waals surface area contributed by atoms with Crippen LogP contribution in [0.25, 0.3) is 0 Å². The van der Waals surface area contributed by atoms with Gasteiger partial charge in [0.05, 0.1) is 38.0 Å². The number of likely N-dealkylation sites (tertiary alicyclic amines) is 1. The summed E-state index contributed by atoms with van der Waals surface area (Å²) in [6.07, 6.45) is 2.77. The fourth-order valence-electron chi connectivity index (χ4n) is 4.96. The number of carbonyl (C=O) groups excluding carboxylic acids is 2. The van der Waals surface area contributed by atoms with Crippen molar-refractivity contribution in [2.75, 3.05) is 41.4 Å². The summed E-state index contributed by atoms with van der Waals surface area (Å²) in [7, 11) is 7.02. The Hall–Kier alpha value is -2.78. The quantitative estimate of drug-likeness (QED) is 0.530. The number of carbonyl (C=O) groups is 2. The molecule has 9 heteroatoms. The van der Waals surface area contributed by atoms with Crippen LogP contribution < -0.4 is 4.74 Å². The first-order valence-electron chi connectivity index (χ1n) is 12.0. The SMILES string of the molecule is CCC1=C(C(=O)OC)[C@H](c2ccccc2OC)N2C(CC(=O)N(C)C3CCN(C)CC3)=CSC2=N1. The van der Waals surface area contributed by atoms with E-state index in [1.807, 2.05) is 53.4 Å². The number of thioether (sulfide) groups is 1. The number of fused-ring (bicyclic) bond motifs is 1. The smallest absolute Gasteiger partial charge is 0.338 e. The molecule has 35 heavy (non-hydrogen) atoms. The van der Waals surface area contributed by atoms with Crippen molar-refractivity contribution >= 4 is 28.8 Å². The molecule has 0 bridgehead atoms. The molecule has 0 aromatic heterocycles. The average Bonchev–Trinajstić information content (AvgIpc) is 3.29. The predicted molar refractivity (Wildman–Crippen MR) is 138 cm³/mol. The van der Waals surface area contributed by atoms with Gasteiger partial charge in [0.25, 0.3) is 0 Å². The lowest BCUT2D eigenvalue weighted by Gasteiger charge is -2.38. The number of hydrogen-bond acceptors (Lipinski definition) is 8. The number of aliphatic imine (C=N–C) groups is 1. The van der Waals surface area contributed by atoms with Gasteiger partial charge >= 0.3 is 5.97 Å². The minimum absolute atomic E-state index is 0.0660. The van der Waals surface area contributed by atoms with E-state index in [0.717, 1.165) is 42.4 Å². The molecule has 4 rings (SSSR count). The van der Waals surface area contributed by atoms with E-state index in [1.54, 1.807) is 7.11 Å². The van der Waals surface area contributed by atoms with E-state index < -0.39 is 12.0 Å². The number of amidine groups is 1. The van der Waals surface area contributed by atoms with Gasteiger partial charge < -0.3 is 24.2 Å². The Bertz CT molecular complexity index is 1070. The molecular weight excluding hydrogens is 464 g/mol. The first kappa shape index (κ1) is 25.3. The summed E-state index contributed by atoms with van der Waals surface area (Å²) in [6.45, 7) is 3.96. The number of methoxy groups -OCH3 is 2. The molecule has 1 atom stereocenters. The van der Waals surface area contributed by atoms with Crippen molar-refractivity contribution in [1.82, 2.24) is 14.7 Å². The third-order valence-electron chi connectivity index (χ3n) is 7.02. The van der Waals surface area contributed by atoms with Crippen molar-refractivity contribution in [2.45, 2.75) is 44.7 Å². The second-order valence-electron chi connectivity index (χ2n) is 9.06. The van der Waals surface area contributed by atoms with Crippen LogP contribution in [-0.4, -0.2) is 79.2 Å². The summed E-state index contributed by atoms with van der Waals surface area (Å²) in [6, 6.07) is 7.41. The number of para-hydroxylation sites is 1. The number of rotatable bonds is 7. The van der Waals surface area contributed by atoms with Gasteiger partial charge in [0.2, 0.25) is 5.91 Å². The molecule has 8 nitrogen and oxygen atoms in total. The highest BCUT2D eigenvalue weighted by Crippen LogP contribution is 2.47. The third kappa shape index (κ3) is 4.97. The van der Waals surface area contributed by atoms with Gasteiger partial charge in [-0.25, -0.2) is 9.79 Å². The number of esters is 1. The minimum atomic E-state index is -0.497. The van der Waals surface area contributed by atoms with Crippen LogP contribution in [0.2, 0.25) is 0 Å². The molecule has 0 unspecified atom stereocenters. The number of nitrogens with zero attached hydrogens (tertiary/aromatic N) is 4.